The van der Waals surface area contributed by atoms with Gasteiger partial charge in [0, 0.05) is 31.5 Å². The number of carbonyl (C=O) groups is 2. The van der Waals surface area contributed by atoms with Gasteiger partial charge in [0.1, 0.15) is 5.75 Å². The van der Waals surface area contributed by atoms with Crippen LogP contribution in [0.5, 0.6) is 5.75 Å². The average molecular weight is 386 g/mol. The van der Waals surface area contributed by atoms with Crippen LogP contribution in [0, 0.1) is 17.3 Å². The molecule has 1 spiro atoms. The minimum absolute atomic E-state index is 0.00865. The molecule has 1 aromatic carbocycles. The maximum atomic E-state index is 12.9. The first kappa shape index (κ1) is 19.2. The molecule has 0 aromatic heterocycles. The first-order chi connectivity index (χ1) is 13.6. The summed E-state index contributed by atoms with van der Waals surface area (Å²) in [5.41, 5.74) is 1.34. The molecule has 4 rings (SSSR count). The maximum Gasteiger partial charge on any atom is 0.226 e. The molecular formula is C22H31N3O3. The highest BCUT2D eigenvalue weighted by molar-refractivity contribution is 5.83. The second-order valence-corrected chi connectivity index (χ2v) is 8.53. The van der Waals surface area contributed by atoms with E-state index >= 15 is 0 Å². The molecule has 1 unspecified atom stereocenters. The van der Waals surface area contributed by atoms with Crippen molar-refractivity contribution in [1.82, 2.24) is 15.5 Å². The molecule has 1 aromatic rings. The first-order valence-electron chi connectivity index (χ1n) is 10.5. The van der Waals surface area contributed by atoms with Gasteiger partial charge in [-0.3, -0.25) is 9.59 Å². The van der Waals surface area contributed by atoms with Crippen molar-refractivity contribution in [2.24, 2.45) is 17.3 Å². The highest BCUT2D eigenvalue weighted by atomic mass is 16.5. The Kier molecular flexibility index (Phi) is 5.58. The molecule has 6 nitrogen and oxygen atoms in total. The normalized spacial score (nSPS) is 24.0. The summed E-state index contributed by atoms with van der Waals surface area (Å²) in [7, 11) is 1.64. The van der Waals surface area contributed by atoms with Crippen LogP contribution in [-0.4, -0.2) is 50.0 Å². The van der Waals surface area contributed by atoms with Gasteiger partial charge in [-0.1, -0.05) is 12.1 Å². The Morgan fingerprint density at radius 2 is 1.86 bits per heavy atom. The van der Waals surface area contributed by atoms with Crippen LogP contribution in [-0.2, 0) is 16.1 Å². The van der Waals surface area contributed by atoms with E-state index in [1.165, 1.54) is 0 Å². The van der Waals surface area contributed by atoms with Crippen molar-refractivity contribution in [3.8, 4) is 5.75 Å². The van der Waals surface area contributed by atoms with Gasteiger partial charge in [0.25, 0.3) is 0 Å². The lowest BCUT2D eigenvalue weighted by Crippen LogP contribution is -2.44. The zero-order chi connectivity index (χ0) is 19.6. The molecule has 3 fully saturated rings. The van der Waals surface area contributed by atoms with E-state index in [1.54, 1.807) is 7.11 Å². The first-order valence-corrected chi connectivity index (χ1v) is 10.5. The number of benzene rings is 1. The van der Waals surface area contributed by atoms with Crippen LogP contribution in [0.2, 0.25) is 0 Å². The van der Waals surface area contributed by atoms with Crippen LogP contribution in [0.25, 0.3) is 0 Å². The van der Waals surface area contributed by atoms with E-state index in [1.807, 2.05) is 29.2 Å². The Hall–Kier alpha value is -2.08. The third-order valence-corrected chi connectivity index (χ3v) is 6.89. The lowest BCUT2D eigenvalue weighted by Gasteiger charge is -2.32. The summed E-state index contributed by atoms with van der Waals surface area (Å²) in [5.74, 6) is 1.49. The van der Waals surface area contributed by atoms with Gasteiger partial charge in [0.15, 0.2) is 0 Å². The quantitative estimate of drug-likeness (QED) is 0.813. The number of likely N-dealkylation sites (tertiary alicyclic amines) is 1. The highest BCUT2D eigenvalue weighted by Gasteiger charge is 2.58. The third kappa shape index (κ3) is 4.02. The number of carbonyl (C=O) groups excluding carboxylic acids is 2. The van der Waals surface area contributed by atoms with Gasteiger partial charge in [0.2, 0.25) is 11.8 Å². The van der Waals surface area contributed by atoms with Crippen molar-refractivity contribution in [1.29, 1.82) is 0 Å². The Labute approximate surface area is 167 Å². The van der Waals surface area contributed by atoms with Gasteiger partial charge < -0.3 is 20.3 Å². The lowest BCUT2D eigenvalue weighted by atomic mass is 9.90. The molecule has 0 radical (unpaired) electrons. The molecular weight excluding hydrogens is 354 g/mol. The lowest BCUT2D eigenvalue weighted by molar-refractivity contribution is -0.137. The second kappa shape index (κ2) is 8.11. The maximum absolute atomic E-state index is 12.9. The molecule has 28 heavy (non-hydrogen) atoms. The molecule has 2 N–H and O–H groups in total. The fourth-order valence-corrected chi connectivity index (χ4v) is 4.83. The molecule has 2 aliphatic heterocycles. The standard InChI is InChI=1S/C22H31N3O3/c1-28-18-4-2-16(3-5-18)15-24-20(26)17-6-12-25(13-7-17)21(27)19-14-22(19)8-10-23-11-9-22/h2-5,17,19,23H,6-15H2,1H3,(H,24,26). The molecule has 6 heteroatoms. The Morgan fingerprint density at radius 3 is 2.50 bits per heavy atom. The number of nitrogens with zero attached hydrogens (tertiary/aromatic N) is 1. The van der Waals surface area contributed by atoms with Gasteiger partial charge in [-0.25, -0.2) is 0 Å². The molecule has 152 valence electrons. The van der Waals surface area contributed by atoms with E-state index in [0.29, 0.717) is 25.5 Å². The third-order valence-electron chi connectivity index (χ3n) is 6.89. The molecule has 2 amide bonds. The zero-order valence-electron chi connectivity index (χ0n) is 16.7. The number of rotatable bonds is 5. The van der Waals surface area contributed by atoms with Gasteiger partial charge >= 0.3 is 0 Å². The Bertz CT molecular complexity index is 704. The summed E-state index contributed by atoms with van der Waals surface area (Å²) in [6, 6.07) is 7.73. The van der Waals surface area contributed by atoms with E-state index in [-0.39, 0.29) is 23.2 Å². The number of hydrogen-bond acceptors (Lipinski definition) is 4. The average Bonchev–Trinajstić information content (AvgIpc) is 3.45. The van der Waals surface area contributed by atoms with Gasteiger partial charge in [-0.2, -0.15) is 0 Å². The van der Waals surface area contributed by atoms with Gasteiger partial charge in [-0.05, 0) is 68.3 Å². The molecule has 2 saturated heterocycles. The number of methoxy groups -OCH3 is 1. The van der Waals surface area contributed by atoms with E-state index in [9.17, 15) is 9.59 Å². The number of nitrogens with one attached hydrogen (secondary N) is 2. The van der Waals surface area contributed by atoms with E-state index in [2.05, 4.69) is 10.6 Å². The minimum atomic E-state index is 0.00865. The van der Waals surface area contributed by atoms with Crippen LogP contribution in [0.15, 0.2) is 24.3 Å². The summed E-state index contributed by atoms with van der Waals surface area (Å²) in [5, 5.41) is 6.43. The van der Waals surface area contributed by atoms with E-state index < -0.39 is 0 Å². The van der Waals surface area contributed by atoms with Crippen LogP contribution >= 0.6 is 0 Å². The van der Waals surface area contributed by atoms with Crippen molar-refractivity contribution in [2.75, 3.05) is 33.3 Å². The monoisotopic (exact) mass is 385 g/mol. The van der Waals surface area contributed by atoms with Crippen molar-refractivity contribution < 1.29 is 14.3 Å². The van der Waals surface area contributed by atoms with E-state index in [0.717, 1.165) is 56.5 Å². The van der Waals surface area contributed by atoms with Crippen molar-refractivity contribution >= 4 is 11.8 Å². The minimum Gasteiger partial charge on any atom is -0.497 e. The summed E-state index contributed by atoms with van der Waals surface area (Å²) >= 11 is 0. The fourth-order valence-electron chi connectivity index (χ4n) is 4.83. The van der Waals surface area contributed by atoms with Crippen molar-refractivity contribution in [3.05, 3.63) is 29.8 Å². The van der Waals surface area contributed by atoms with Gasteiger partial charge in [0.05, 0.1) is 7.11 Å². The Morgan fingerprint density at radius 1 is 1.18 bits per heavy atom. The molecule has 1 aliphatic carbocycles. The van der Waals surface area contributed by atoms with Crippen LogP contribution < -0.4 is 15.4 Å². The zero-order valence-corrected chi connectivity index (χ0v) is 16.7. The molecule has 1 saturated carbocycles. The van der Waals surface area contributed by atoms with Crippen LogP contribution in [0.3, 0.4) is 0 Å². The summed E-state index contributed by atoms with van der Waals surface area (Å²) in [4.78, 5) is 27.4. The number of hydrogen-bond donors (Lipinski definition) is 2. The fraction of sp³-hybridized carbons (Fsp3) is 0.636. The smallest absolute Gasteiger partial charge is 0.226 e. The van der Waals surface area contributed by atoms with Crippen molar-refractivity contribution in [3.63, 3.8) is 0 Å². The summed E-state index contributed by atoms with van der Waals surface area (Å²) in [6.45, 7) is 4.04. The Balaban J connectivity index is 1.21. The number of amides is 2. The molecule has 2 heterocycles. The molecule has 0 bridgehead atoms. The summed E-state index contributed by atoms with van der Waals surface area (Å²) < 4.78 is 5.15. The van der Waals surface area contributed by atoms with Crippen LogP contribution in [0.4, 0.5) is 0 Å². The SMILES string of the molecule is COc1ccc(CNC(=O)C2CCN(C(=O)C3CC34CCNCC4)CC2)cc1. The molecule has 3 aliphatic rings. The number of piperidine rings is 2. The van der Waals surface area contributed by atoms with Gasteiger partial charge in [-0.15, -0.1) is 0 Å². The highest BCUT2D eigenvalue weighted by Crippen LogP contribution is 2.59. The number of ether oxygens (including phenoxy) is 1. The van der Waals surface area contributed by atoms with Crippen LogP contribution in [0.1, 0.15) is 37.7 Å². The van der Waals surface area contributed by atoms with E-state index in [4.69, 9.17) is 4.74 Å². The predicted octanol–water partition coefficient (Wildman–Crippen LogP) is 1.94. The predicted molar refractivity (Wildman–Crippen MR) is 107 cm³/mol. The van der Waals surface area contributed by atoms with Crippen molar-refractivity contribution in [2.45, 2.75) is 38.6 Å². The largest absolute Gasteiger partial charge is 0.497 e. The molecule has 1 atom stereocenters. The summed E-state index contributed by atoms with van der Waals surface area (Å²) in [6.07, 6.45) is 4.86. The second-order valence-electron chi connectivity index (χ2n) is 8.53. The topological polar surface area (TPSA) is 70.7 Å².